The lowest BCUT2D eigenvalue weighted by Crippen LogP contribution is -2.28. The SMILES string of the molecule is CCC(=O)NCCC(N)N=[N+]=[N-].Cl. The number of carbonyl (C=O) groups excluding carboxylic acids is 1. The van der Waals surface area contributed by atoms with Crippen LogP contribution in [0.1, 0.15) is 19.8 Å². The van der Waals surface area contributed by atoms with E-state index in [0.717, 1.165) is 0 Å². The largest absolute Gasteiger partial charge is 0.356 e. The van der Waals surface area contributed by atoms with E-state index in [1.54, 1.807) is 6.92 Å². The van der Waals surface area contributed by atoms with E-state index in [0.29, 0.717) is 19.4 Å². The van der Waals surface area contributed by atoms with E-state index in [1.165, 1.54) is 0 Å². The molecule has 6 nitrogen and oxygen atoms in total. The van der Waals surface area contributed by atoms with Gasteiger partial charge in [-0.2, -0.15) is 0 Å². The van der Waals surface area contributed by atoms with E-state index in [9.17, 15) is 4.79 Å². The van der Waals surface area contributed by atoms with Crippen molar-refractivity contribution in [2.75, 3.05) is 6.54 Å². The van der Waals surface area contributed by atoms with Crippen molar-refractivity contribution < 1.29 is 4.79 Å². The van der Waals surface area contributed by atoms with Crippen molar-refractivity contribution in [1.29, 1.82) is 0 Å². The molecule has 0 aromatic rings. The lowest BCUT2D eigenvalue weighted by Gasteiger charge is -2.05. The van der Waals surface area contributed by atoms with Crippen molar-refractivity contribution in [3.8, 4) is 0 Å². The smallest absolute Gasteiger partial charge is 0.219 e. The molecule has 13 heavy (non-hydrogen) atoms. The summed E-state index contributed by atoms with van der Waals surface area (Å²) < 4.78 is 0. The van der Waals surface area contributed by atoms with E-state index in [1.807, 2.05) is 0 Å². The predicted molar refractivity (Wildman–Crippen MR) is 52.3 cm³/mol. The van der Waals surface area contributed by atoms with Crippen LogP contribution >= 0.6 is 12.4 Å². The molecule has 76 valence electrons. The molecule has 0 fully saturated rings. The Bertz CT molecular complexity index is 191. The highest BCUT2D eigenvalue weighted by atomic mass is 35.5. The average Bonchev–Trinajstić information content (AvgIpc) is 2.04. The normalized spacial score (nSPS) is 10.6. The number of carbonyl (C=O) groups is 1. The zero-order valence-electron chi connectivity index (χ0n) is 7.43. The number of rotatable bonds is 5. The fourth-order valence-electron chi connectivity index (χ4n) is 0.609. The molecule has 0 rings (SSSR count). The zero-order chi connectivity index (χ0) is 9.40. The van der Waals surface area contributed by atoms with Crippen molar-refractivity contribution in [3.05, 3.63) is 10.4 Å². The molecule has 0 bridgehead atoms. The maximum Gasteiger partial charge on any atom is 0.219 e. The number of nitrogens with one attached hydrogen (secondary N) is 1. The Hall–Kier alpha value is -0.970. The topological polar surface area (TPSA) is 104 Å². The molecule has 0 saturated carbocycles. The summed E-state index contributed by atoms with van der Waals surface area (Å²) in [5.74, 6) is -0.0249. The first-order chi connectivity index (χ1) is 5.70. The molecule has 3 N–H and O–H groups in total. The third-order valence-corrected chi connectivity index (χ3v) is 1.28. The molecule has 7 heteroatoms. The molecule has 1 unspecified atom stereocenters. The van der Waals surface area contributed by atoms with Gasteiger partial charge >= 0.3 is 0 Å². The quantitative estimate of drug-likeness (QED) is 0.398. The molecule has 0 aliphatic rings. The van der Waals surface area contributed by atoms with Crippen LogP contribution in [0.15, 0.2) is 5.11 Å². The second-order valence-corrected chi connectivity index (χ2v) is 2.26. The lowest BCUT2D eigenvalue weighted by molar-refractivity contribution is -0.120. The van der Waals surface area contributed by atoms with Gasteiger partial charge in [0.2, 0.25) is 5.91 Å². The summed E-state index contributed by atoms with van der Waals surface area (Å²) in [6, 6.07) is 0. The van der Waals surface area contributed by atoms with E-state index in [-0.39, 0.29) is 18.3 Å². The summed E-state index contributed by atoms with van der Waals surface area (Å²) >= 11 is 0. The molecule has 0 heterocycles. The molecule has 1 amide bonds. The molecule has 0 radical (unpaired) electrons. The van der Waals surface area contributed by atoms with Gasteiger partial charge in [0.1, 0.15) is 0 Å². The Balaban J connectivity index is 0. The molecule has 0 aromatic heterocycles. The van der Waals surface area contributed by atoms with Crippen LogP contribution in [-0.2, 0) is 4.79 Å². The summed E-state index contributed by atoms with van der Waals surface area (Å²) in [5, 5.41) is 5.87. The molecular weight excluding hydrogens is 194 g/mol. The van der Waals surface area contributed by atoms with Crippen LogP contribution in [0.5, 0.6) is 0 Å². The Labute approximate surface area is 82.9 Å². The fourth-order valence-corrected chi connectivity index (χ4v) is 0.609. The van der Waals surface area contributed by atoms with Crippen LogP contribution < -0.4 is 11.1 Å². The highest BCUT2D eigenvalue weighted by Gasteiger charge is 1.99. The molecule has 0 saturated heterocycles. The van der Waals surface area contributed by atoms with Crippen LogP contribution in [-0.4, -0.2) is 18.6 Å². The number of halogens is 1. The van der Waals surface area contributed by atoms with Gasteiger partial charge in [0.15, 0.2) is 0 Å². The van der Waals surface area contributed by atoms with Crippen molar-refractivity contribution in [3.63, 3.8) is 0 Å². The van der Waals surface area contributed by atoms with Gasteiger partial charge in [-0.05, 0) is 12.0 Å². The Kier molecular flexibility index (Phi) is 10.2. The Morgan fingerprint density at radius 1 is 1.77 bits per heavy atom. The minimum Gasteiger partial charge on any atom is -0.356 e. The average molecular weight is 208 g/mol. The monoisotopic (exact) mass is 207 g/mol. The highest BCUT2D eigenvalue weighted by Crippen LogP contribution is 1.88. The molecular formula is C6H14ClN5O. The standard InChI is InChI=1S/C6H13N5O.ClH/c1-2-6(12)9-4-3-5(7)10-11-8;/h5H,2-4,7H2,1H3,(H,9,12);1H. The van der Waals surface area contributed by atoms with Crippen molar-refractivity contribution >= 4 is 18.3 Å². The first kappa shape index (κ1) is 14.5. The Morgan fingerprint density at radius 2 is 2.38 bits per heavy atom. The van der Waals surface area contributed by atoms with E-state index >= 15 is 0 Å². The van der Waals surface area contributed by atoms with Crippen LogP contribution in [0.4, 0.5) is 0 Å². The summed E-state index contributed by atoms with van der Waals surface area (Å²) in [4.78, 5) is 13.2. The Morgan fingerprint density at radius 3 is 2.85 bits per heavy atom. The second-order valence-electron chi connectivity index (χ2n) is 2.26. The van der Waals surface area contributed by atoms with Gasteiger partial charge in [-0.15, -0.1) is 12.4 Å². The molecule has 0 aliphatic carbocycles. The maximum absolute atomic E-state index is 10.7. The molecule has 1 atom stereocenters. The summed E-state index contributed by atoms with van der Waals surface area (Å²) in [7, 11) is 0. The highest BCUT2D eigenvalue weighted by molar-refractivity contribution is 5.85. The number of nitrogens with zero attached hydrogens (tertiary/aromatic N) is 3. The third kappa shape index (κ3) is 8.94. The van der Waals surface area contributed by atoms with Gasteiger partial charge in [0, 0.05) is 17.9 Å². The van der Waals surface area contributed by atoms with Gasteiger partial charge in [-0.1, -0.05) is 12.0 Å². The minimum absolute atomic E-state index is 0. The molecule has 0 aromatic carbocycles. The number of hydrogen-bond donors (Lipinski definition) is 2. The molecule has 0 aliphatic heterocycles. The maximum atomic E-state index is 10.7. The lowest BCUT2D eigenvalue weighted by atomic mass is 10.3. The van der Waals surface area contributed by atoms with Crippen LogP contribution in [0, 0.1) is 0 Å². The number of nitrogens with two attached hydrogens (primary N) is 1. The minimum atomic E-state index is -0.549. The zero-order valence-corrected chi connectivity index (χ0v) is 8.25. The number of amides is 1. The van der Waals surface area contributed by atoms with Crippen LogP contribution in [0.25, 0.3) is 10.4 Å². The molecule has 0 spiro atoms. The van der Waals surface area contributed by atoms with E-state index in [4.69, 9.17) is 11.3 Å². The van der Waals surface area contributed by atoms with Crippen molar-refractivity contribution in [2.24, 2.45) is 10.8 Å². The predicted octanol–water partition coefficient (Wildman–Crippen LogP) is 0.920. The van der Waals surface area contributed by atoms with Gasteiger partial charge in [-0.25, -0.2) is 0 Å². The van der Waals surface area contributed by atoms with Crippen molar-refractivity contribution in [2.45, 2.75) is 25.9 Å². The number of azide groups is 1. The van der Waals surface area contributed by atoms with E-state index < -0.39 is 6.17 Å². The van der Waals surface area contributed by atoms with Crippen molar-refractivity contribution in [1.82, 2.24) is 5.32 Å². The van der Waals surface area contributed by atoms with Crippen LogP contribution in [0.3, 0.4) is 0 Å². The number of hydrogen-bond acceptors (Lipinski definition) is 3. The second kappa shape index (κ2) is 9.12. The van der Waals surface area contributed by atoms with Crippen LogP contribution in [0.2, 0.25) is 0 Å². The van der Waals surface area contributed by atoms with Gasteiger partial charge in [0.25, 0.3) is 0 Å². The van der Waals surface area contributed by atoms with Gasteiger partial charge in [-0.3, -0.25) is 4.79 Å². The fraction of sp³-hybridized carbons (Fsp3) is 0.833. The first-order valence-corrected chi connectivity index (χ1v) is 3.77. The van der Waals surface area contributed by atoms with Gasteiger partial charge in [0.05, 0.1) is 6.17 Å². The first-order valence-electron chi connectivity index (χ1n) is 3.77. The summed E-state index contributed by atoms with van der Waals surface area (Å²) in [5.41, 5.74) is 13.3. The summed E-state index contributed by atoms with van der Waals surface area (Å²) in [6.07, 6.45) is 0.374. The summed E-state index contributed by atoms with van der Waals surface area (Å²) in [6.45, 7) is 2.22. The van der Waals surface area contributed by atoms with Gasteiger partial charge < -0.3 is 11.1 Å². The van der Waals surface area contributed by atoms with E-state index in [2.05, 4.69) is 15.3 Å². The third-order valence-electron chi connectivity index (χ3n) is 1.28.